The zero-order valence-electron chi connectivity index (χ0n) is 16.9. The fourth-order valence-corrected chi connectivity index (χ4v) is 4.58. The molecule has 1 heterocycles. The molecule has 0 N–H and O–H groups in total. The molecule has 5 heteroatoms. The van der Waals surface area contributed by atoms with Crippen molar-refractivity contribution in [2.75, 3.05) is 12.0 Å². The number of rotatable bonds is 3. The van der Waals surface area contributed by atoms with Crippen LogP contribution in [0, 0.1) is 13.8 Å². The fourth-order valence-electron chi connectivity index (χ4n) is 4.43. The van der Waals surface area contributed by atoms with E-state index < -0.39 is 0 Å². The van der Waals surface area contributed by atoms with Gasteiger partial charge in [0.2, 0.25) is 5.91 Å². The molecule has 29 heavy (non-hydrogen) atoms. The van der Waals surface area contributed by atoms with E-state index in [0.29, 0.717) is 29.3 Å². The standard InChI is InChI=1S/C24H24ClNO3/c1-14-6-4-7-16(10-14)17-12-23(28)26(19-8-5-9-21(27)24(17)19)20-11-15(2)18(25)13-22(20)29-3/h4,6-7,10-11,13,17H,5,8-9,12H2,1-3H3. The van der Waals surface area contributed by atoms with Crippen molar-refractivity contribution in [1.82, 2.24) is 0 Å². The Kier molecular flexibility index (Phi) is 5.22. The summed E-state index contributed by atoms with van der Waals surface area (Å²) in [4.78, 5) is 28.1. The van der Waals surface area contributed by atoms with Gasteiger partial charge in [-0.05, 0) is 43.9 Å². The number of benzene rings is 2. The highest BCUT2D eigenvalue weighted by molar-refractivity contribution is 6.31. The zero-order valence-corrected chi connectivity index (χ0v) is 17.7. The Balaban J connectivity index is 1.91. The Labute approximate surface area is 176 Å². The van der Waals surface area contributed by atoms with E-state index in [1.807, 2.05) is 38.1 Å². The number of allylic oxidation sites excluding steroid dienone is 2. The SMILES string of the molecule is COc1cc(Cl)c(C)cc1N1C(=O)CC(c2cccc(C)c2)C2=C1CCCC2=O. The molecule has 0 fully saturated rings. The van der Waals surface area contributed by atoms with Crippen molar-refractivity contribution in [2.45, 2.75) is 45.4 Å². The monoisotopic (exact) mass is 409 g/mol. The summed E-state index contributed by atoms with van der Waals surface area (Å²) in [5.74, 6) is 0.457. The minimum absolute atomic E-state index is 0.0232. The smallest absolute Gasteiger partial charge is 0.232 e. The first-order chi connectivity index (χ1) is 13.9. The number of ether oxygens (including phenoxy) is 1. The minimum Gasteiger partial charge on any atom is -0.495 e. The predicted molar refractivity (Wildman–Crippen MR) is 115 cm³/mol. The zero-order chi connectivity index (χ0) is 20.7. The molecule has 150 valence electrons. The normalized spacial score (nSPS) is 19.4. The Morgan fingerprint density at radius 3 is 2.62 bits per heavy atom. The second kappa shape index (κ2) is 7.68. The van der Waals surface area contributed by atoms with Gasteiger partial charge in [-0.15, -0.1) is 0 Å². The van der Waals surface area contributed by atoms with E-state index in [4.69, 9.17) is 16.3 Å². The number of carbonyl (C=O) groups is 2. The van der Waals surface area contributed by atoms with Crippen LogP contribution in [0.2, 0.25) is 5.02 Å². The third kappa shape index (κ3) is 3.46. The molecular weight excluding hydrogens is 386 g/mol. The maximum Gasteiger partial charge on any atom is 0.232 e. The molecule has 0 saturated heterocycles. The summed E-state index contributed by atoms with van der Waals surface area (Å²) < 4.78 is 5.53. The molecule has 2 aromatic carbocycles. The van der Waals surface area contributed by atoms with E-state index in [1.165, 1.54) is 0 Å². The lowest BCUT2D eigenvalue weighted by Gasteiger charge is -2.39. The molecule has 0 radical (unpaired) electrons. The third-order valence-electron chi connectivity index (χ3n) is 5.82. The maximum absolute atomic E-state index is 13.4. The van der Waals surface area contributed by atoms with Crippen LogP contribution in [0.3, 0.4) is 0 Å². The second-order valence-corrected chi connectivity index (χ2v) is 8.22. The van der Waals surface area contributed by atoms with Gasteiger partial charge >= 0.3 is 0 Å². The molecule has 0 bridgehead atoms. The quantitative estimate of drug-likeness (QED) is 0.673. The summed E-state index contributed by atoms with van der Waals surface area (Å²) in [6, 6.07) is 11.7. The van der Waals surface area contributed by atoms with E-state index in [0.717, 1.165) is 34.4 Å². The molecular formula is C24H24ClNO3. The number of halogens is 1. The number of hydrogen-bond acceptors (Lipinski definition) is 3. The van der Waals surface area contributed by atoms with Gasteiger partial charge in [0.15, 0.2) is 5.78 Å². The van der Waals surface area contributed by atoms with Gasteiger partial charge in [-0.2, -0.15) is 0 Å². The van der Waals surface area contributed by atoms with Crippen molar-refractivity contribution in [3.8, 4) is 5.75 Å². The topological polar surface area (TPSA) is 46.6 Å². The average molecular weight is 410 g/mol. The second-order valence-electron chi connectivity index (χ2n) is 7.81. The average Bonchev–Trinajstić information content (AvgIpc) is 2.69. The summed E-state index contributed by atoms with van der Waals surface area (Å²) >= 11 is 6.27. The molecule has 2 aliphatic rings. The summed E-state index contributed by atoms with van der Waals surface area (Å²) in [5, 5.41) is 0.585. The van der Waals surface area contributed by atoms with Crippen molar-refractivity contribution in [1.29, 1.82) is 0 Å². The van der Waals surface area contributed by atoms with Gasteiger partial charge in [0, 0.05) is 41.1 Å². The molecule has 1 unspecified atom stereocenters. The van der Waals surface area contributed by atoms with Crippen LogP contribution in [0.5, 0.6) is 5.75 Å². The van der Waals surface area contributed by atoms with Crippen molar-refractivity contribution in [3.05, 3.63) is 69.4 Å². The highest BCUT2D eigenvalue weighted by Gasteiger charge is 2.40. The lowest BCUT2D eigenvalue weighted by Crippen LogP contribution is -2.40. The van der Waals surface area contributed by atoms with Crippen LogP contribution >= 0.6 is 11.6 Å². The number of anilines is 1. The Morgan fingerprint density at radius 2 is 1.90 bits per heavy atom. The predicted octanol–water partition coefficient (Wildman–Crippen LogP) is 5.49. The van der Waals surface area contributed by atoms with E-state index in [9.17, 15) is 9.59 Å². The molecule has 0 saturated carbocycles. The van der Waals surface area contributed by atoms with Gasteiger partial charge in [0.1, 0.15) is 5.75 Å². The number of ketones is 1. The first-order valence-electron chi connectivity index (χ1n) is 9.90. The van der Waals surface area contributed by atoms with Crippen molar-refractivity contribution in [3.63, 3.8) is 0 Å². The Bertz CT molecular complexity index is 1040. The number of nitrogens with zero attached hydrogens (tertiary/aromatic N) is 1. The van der Waals surface area contributed by atoms with E-state index in [2.05, 4.69) is 6.07 Å². The molecule has 4 rings (SSSR count). The van der Waals surface area contributed by atoms with Crippen LogP contribution in [0.1, 0.15) is 48.3 Å². The summed E-state index contributed by atoms with van der Waals surface area (Å²) in [5.41, 5.74) is 5.25. The molecule has 0 aromatic heterocycles. The van der Waals surface area contributed by atoms with Crippen LogP contribution in [0.15, 0.2) is 47.7 Å². The first-order valence-corrected chi connectivity index (χ1v) is 10.3. The van der Waals surface area contributed by atoms with Crippen molar-refractivity contribution < 1.29 is 14.3 Å². The third-order valence-corrected chi connectivity index (χ3v) is 6.23. The Morgan fingerprint density at radius 1 is 1.10 bits per heavy atom. The van der Waals surface area contributed by atoms with Gasteiger partial charge in [-0.25, -0.2) is 0 Å². The number of Topliss-reactive ketones (excluding diaryl/α,β-unsaturated/α-hetero) is 1. The minimum atomic E-state index is -0.194. The molecule has 2 aromatic rings. The van der Waals surface area contributed by atoms with Gasteiger partial charge < -0.3 is 4.74 Å². The number of aryl methyl sites for hydroxylation is 2. The number of carbonyl (C=O) groups excluding carboxylic acids is 2. The van der Waals surface area contributed by atoms with Crippen LogP contribution in [-0.4, -0.2) is 18.8 Å². The molecule has 1 aliphatic heterocycles. The lowest BCUT2D eigenvalue weighted by molar-refractivity contribution is -0.119. The van der Waals surface area contributed by atoms with E-state index in [-0.39, 0.29) is 24.0 Å². The van der Waals surface area contributed by atoms with Crippen LogP contribution in [-0.2, 0) is 9.59 Å². The molecule has 0 spiro atoms. The molecule has 1 aliphatic carbocycles. The van der Waals surface area contributed by atoms with Crippen LogP contribution < -0.4 is 9.64 Å². The van der Waals surface area contributed by atoms with Crippen molar-refractivity contribution in [2.24, 2.45) is 0 Å². The fraction of sp³-hybridized carbons (Fsp3) is 0.333. The van der Waals surface area contributed by atoms with Gasteiger partial charge in [0.05, 0.1) is 12.8 Å². The lowest BCUT2D eigenvalue weighted by atomic mass is 9.77. The molecule has 1 atom stereocenters. The first kappa shape index (κ1) is 19.7. The largest absolute Gasteiger partial charge is 0.495 e. The summed E-state index contributed by atoms with van der Waals surface area (Å²) in [6.45, 7) is 3.93. The van der Waals surface area contributed by atoms with Crippen molar-refractivity contribution >= 4 is 29.0 Å². The van der Waals surface area contributed by atoms with Gasteiger partial charge in [-0.1, -0.05) is 41.4 Å². The van der Waals surface area contributed by atoms with Gasteiger partial charge in [0.25, 0.3) is 0 Å². The summed E-state index contributed by atoms with van der Waals surface area (Å²) in [6.07, 6.45) is 2.23. The molecule has 4 nitrogen and oxygen atoms in total. The number of methoxy groups -OCH3 is 1. The highest BCUT2D eigenvalue weighted by Crippen LogP contribution is 2.46. The van der Waals surface area contributed by atoms with Gasteiger partial charge in [-0.3, -0.25) is 14.5 Å². The highest BCUT2D eigenvalue weighted by atomic mass is 35.5. The van der Waals surface area contributed by atoms with Crippen LogP contribution in [0.25, 0.3) is 0 Å². The number of hydrogen-bond donors (Lipinski definition) is 0. The van der Waals surface area contributed by atoms with E-state index >= 15 is 0 Å². The number of amides is 1. The van der Waals surface area contributed by atoms with Crippen LogP contribution in [0.4, 0.5) is 5.69 Å². The maximum atomic E-state index is 13.4. The summed E-state index contributed by atoms with van der Waals surface area (Å²) in [7, 11) is 1.57. The molecule has 1 amide bonds. The Hall–Kier alpha value is -2.59. The van der Waals surface area contributed by atoms with E-state index in [1.54, 1.807) is 18.1 Å².